The van der Waals surface area contributed by atoms with Crippen molar-refractivity contribution in [2.75, 3.05) is 31.1 Å². The first-order chi connectivity index (χ1) is 13.2. The Morgan fingerprint density at radius 2 is 1.96 bits per heavy atom. The van der Waals surface area contributed by atoms with E-state index in [1.54, 1.807) is 29.7 Å². The van der Waals surface area contributed by atoms with Gasteiger partial charge in [-0.1, -0.05) is 0 Å². The first-order valence-electron chi connectivity index (χ1n) is 8.70. The molecule has 0 radical (unpaired) electrons. The molecule has 0 unspecified atom stereocenters. The Kier molecular flexibility index (Phi) is 5.35. The summed E-state index contributed by atoms with van der Waals surface area (Å²) in [4.78, 5) is 9.15. The van der Waals surface area contributed by atoms with Crippen LogP contribution in [0, 0.1) is 5.82 Å². The van der Waals surface area contributed by atoms with Gasteiger partial charge in [-0.15, -0.1) is 11.3 Å². The van der Waals surface area contributed by atoms with Crippen molar-refractivity contribution in [1.82, 2.24) is 15.2 Å². The van der Waals surface area contributed by atoms with E-state index in [1.165, 1.54) is 12.1 Å². The second kappa shape index (κ2) is 8.06. The molecule has 3 aromatic rings. The first kappa shape index (κ1) is 17.9. The predicted molar refractivity (Wildman–Crippen MR) is 109 cm³/mol. The van der Waals surface area contributed by atoms with E-state index < -0.39 is 0 Å². The zero-order valence-corrected chi connectivity index (χ0v) is 16.2. The quantitative estimate of drug-likeness (QED) is 0.671. The third-order valence-corrected chi connectivity index (χ3v) is 5.77. The predicted octanol–water partition coefficient (Wildman–Crippen LogP) is 3.74. The van der Waals surface area contributed by atoms with Crippen LogP contribution in [0.25, 0.3) is 11.3 Å². The summed E-state index contributed by atoms with van der Waals surface area (Å²) in [6, 6.07) is 10.2. The largest absolute Gasteiger partial charge is 0.467 e. The van der Waals surface area contributed by atoms with E-state index in [0.29, 0.717) is 6.54 Å². The molecule has 2 aromatic heterocycles. The van der Waals surface area contributed by atoms with Crippen molar-refractivity contribution in [1.29, 1.82) is 0 Å². The zero-order chi connectivity index (χ0) is 18.6. The smallest absolute Gasteiger partial charge is 0.185 e. The fraction of sp³-hybridized carbons (Fsp3) is 0.263. The number of benzene rings is 1. The lowest BCUT2D eigenvalue weighted by Gasteiger charge is -2.36. The van der Waals surface area contributed by atoms with Crippen LogP contribution in [-0.4, -0.2) is 41.2 Å². The molecule has 1 N–H and O–H groups in total. The Labute approximate surface area is 166 Å². The third-order valence-electron chi connectivity index (χ3n) is 4.46. The number of hydrogen-bond donors (Lipinski definition) is 1. The van der Waals surface area contributed by atoms with Gasteiger partial charge in [0.15, 0.2) is 10.2 Å². The molecule has 0 atom stereocenters. The summed E-state index contributed by atoms with van der Waals surface area (Å²) in [5.74, 6) is 0.633. The molecule has 0 amide bonds. The van der Waals surface area contributed by atoms with Crippen LogP contribution in [0.2, 0.25) is 0 Å². The van der Waals surface area contributed by atoms with Crippen molar-refractivity contribution in [3.05, 3.63) is 59.6 Å². The maximum absolute atomic E-state index is 13.1. The average molecular weight is 403 g/mol. The minimum atomic E-state index is -0.234. The minimum Gasteiger partial charge on any atom is -0.467 e. The van der Waals surface area contributed by atoms with Gasteiger partial charge in [0.1, 0.15) is 11.6 Å². The molecule has 3 heterocycles. The number of aromatic nitrogens is 1. The summed E-state index contributed by atoms with van der Waals surface area (Å²) >= 11 is 7.11. The molecule has 8 heteroatoms. The van der Waals surface area contributed by atoms with Crippen molar-refractivity contribution in [3.63, 3.8) is 0 Å². The van der Waals surface area contributed by atoms with Crippen LogP contribution in [0.1, 0.15) is 5.76 Å². The van der Waals surface area contributed by atoms with E-state index in [2.05, 4.69) is 15.1 Å². The number of halogens is 1. The van der Waals surface area contributed by atoms with Crippen molar-refractivity contribution >= 4 is 33.8 Å². The molecule has 1 aromatic carbocycles. The highest BCUT2D eigenvalue weighted by Crippen LogP contribution is 2.28. The highest BCUT2D eigenvalue weighted by atomic mass is 32.1. The average Bonchev–Trinajstić information content (AvgIpc) is 3.39. The number of nitrogens with zero attached hydrogens (tertiary/aromatic N) is 3. The van der Waals surface area contributed by atoms with Crippen molar-refractivity contribution in [2.24, 2.45) is 0 Å². The van der Waals surface area contributed by atoms with Crippen LogP contribution >= 0.6 is 23.6 Å². The van der Waals surface area contributed by atoms with Crippen LogP contribution in [-0.2, 0) is 6.54 Å². The van der Waals surface area contributed by atoms with Gasteiger partial charge >= 0.3 is 0 Å². The Hall–Kier alpha value is -2.45. The van der Waals surface area contributed by atoms with Gasteiger partial charge < -0.3 is 19.5 Å². The van der Waals surface area contributed by atoms with Crippen LogP contribution < -0.4 is 10.2 Å². The van der Waals surface area contributed by atoms with Gasteiger partial charge in [-0.05, 0) is 48.6 Å². The molecular formula is C19H19FN4OS2. The van der Waals surface area contributed by atoms with Crippen LogP contribution in [0.3, 0.4) is 0 Å². The number of piperazine rings is 1. The Morgan fingerprint density at radius 3 is 2.67 bits per heavy atom. The van der Waals surface area contributed by atoms with Gasteiger partial charge in [0, 0.05) is 37.1 Å². The SMILES string of the molecule is Fc1ccc(-c2csc(N3CCN(C(=S)NCc4ccco4)CC3)n2)cc1. The Balaban J connectivity index is 1.31. The van der Waals surface area contributed by atoms with Crippen molar-refractivity contribution in [3.8, 4) is 11.3 Å². The summed E-state index contributed by atoms with van der Waals surface area (Å²) in [6.07, 6.45) is 1.66. The van der Waals surface area contributed by atoms with E-state index >= 15 is 0 Å². The lowest BCUT2D eigenvalue weighted by Crippen LogP contribution is -2.51. The molecule has 0 bridgehead atoms. The number of hydrogen-bond acceptors (Lipinski definition) is 5. The highest BCUT2D eigenvalue weighted by Gasteiger charge is 2.21. The second-order valence-corrected chi connectivity index (χ2v) is 7.46. The molecule has 0 spiro atoms. The van der Waals surface area contributed by atoms with Gasteiger partial charge in [-0.25, -0.2) is 9.37 Å². The first-order valence-corrected chi connectivity index (χ1v) is 9.99. The van der Waals surface area contributed by atoms with Crippen LogP contribution in [0.4, 0.5) is 9.52 Å². The molecule has 27 heavy (non-hydrogen) atoms. The topological polar surface area (TPSA) is 44.5 Å². The summed E-state index contributed by atoms with van der Waals surface area (Å²) in [7, 11) is 0. The standard InChI is InChI=1S/C19H19FN4OS2/c20-15-5-3-14(4-6-15)17-13-27-19(22-17)24-9-7-23(8-10-24)18(26)21-12-16-2-1-11-25-16/h1-6,11,13H,7-10,12H2,(H,21,26). The molecule has 1 saturated heterocycles. The summed E-state index contributed by atoms with van der Waals surface area (Å²) in [5.41, 5.74) is 1.81. The molecule has 140 valence electrons. The van der Waals surface area contributed by atoms with E-state index in [1.807, 2.05) is 17.5 Å². The number of nitrogens with one attached hydrogen (secondary N) is 1. The Bertz CT molecular complexity index is 887. The van der Waals surface area contributed by atoms with Crippen molar-refractivity contribution < 1.29 is 8.81 Å². The van der Waals surface area contributed by atoms with E-state index in [4.69, 9.17) is 21.6 Å². The zero-order valence-electron chi connectivity index (χ0n) is 14.6. The number of thiazole rings is 1. The molecule has 1 fully saturated rings. The molecule has 1 aliphatic heterocycles. The molecule has 1 aliphatic rings. The maximum Gasteiger partial charge on any atom is 0.185 e. The van der Waals surface area contributed by atoms with Gasteiger partial charge in [0.25, 0.3) is 0 Å². The number of anilines is 1. The summed E-state index contributed by atoms with van der Waals surface area (Å²) in [6.45, 7) is 4.00. The number of thiocarbonyl (C=S) groups is 1. The Morgan fingerprint density at radius 1 is 1.19 bits per heavy atom. The van der Waals surface area contributed by atoms with Gasteiger partial charge in [0.2, 0.25) is 0 Å². The van der Waals surface area contributed by atoms with E-state index in [-0.39, 0.29) is 5.82 Å². The molecule has 0 saturated carbocycles. The maximum atomic E-state index is 13.1. The summed E-state index contributed by atoms with van der Waals surface area (Å²) < 4.78 is 18.4. The number of rotatable bonds is 4. The van der Waals surface area contributed by atoms with Gasteiger partial charge in [-0.2, -0.15) is 0 Å². The second-order valence-electron chi connectivity index (χ2n) is 6.23. The third kappa shape index (κ3) is 4.28. The number of furan rings is 1. The van der Waals surface area contributed by atoms with Crippen LogP contribution in [0.15, 0.2) is 52.5 Å². The highest BCUT2D eigenvalue weighted by molar-refractivity contribution is 7.80. The minimum absolute atomic E-state index is 0.234. The van der Waals surface area contributed by atoms with Crippen LogP contribution in [0.5, 0.6) is 0 Å². The lowest BCUT2D eigenvalue weighted by molar-refractivity contribution is 0.377. The van der Waals surface area contributed by atoms with E-state index in [0.717, 1.165) is 53.4 Å². The lowest BCUT2D eigenvalue weighted by atomic mass is 10.2. The van der Waals surface area contributed by atoms with Gasteiger partial charge in [0.05, 0.1) is 18.5 Å². The van der Waals surface area contributed by atoms with Gasteiger partial charge in [-0.3, -0.25) is 0 Å². The fourth-order valence-corrected chi connectivity index (χ4v) is 4.09. The fourth-order valence-electron chi connectivity index (χ4n) is 2.95. The molecule has 4 rings (SSSR count). The summed E-state index contributed by atoms with van der Waals surface area (Å²) in [5, 5.41) is 7.00. The van der Waals surface area contributed by atoms with E-state index in [9.17, 15) is 4.39 Å². The molecule has 5 nitrogen and oxygen atoms in total. The molecule has 0 aliphatic carbocycles. The monoisotopic (exact) mass is 402 g/mol. The molecular weight excluding hydrogens is 383 g/mol. The van der Waals surface area contributed by atoms with Crippen molar-refractivity contribution in [2.45, 2.75) is 6.54 Å². The normalized spacial score (nSPS) is 14.4.